The van der Waals surface area contributed by atoms with Crippen molar-refractivity contribution in [2.75, 3.05) is 10.6 Å². The molecule has 0 aliphatic rings. The van der Waals surface area contributed by atoms with Gasteiger partial charge in [0, 0.05) is 15.7 Å². The largest absolute Gasteiger partial charge is 0.459 e. The molecule has 2 N–H and O–H groups in total. The van der Waals surface area contributed by atoms with Gasteiger partial charge in [0.1, 0.15) is 0 Å². The summed E-state index contributed by atoms with van der Waals surface area (Å²) in [5, 5.41) is 5.15. The van der Waals surface area contributed by atoms with E-state index in [0.717, 1.165) is 12.1 Å². The lowest BCUT2D eigenvalue weighted by atomic mass is 10.1. The number of hydrogen-bond acceptors (Lipinski definition) is 3. The number of carbonyl (C=O) groups is 2. The first kappa shape index (κ1) is 21.7. The predicted molar refractivity (Wildman–Crippen MR) is 107 cm³/mol. The Balaban J connectivity index is 1.79. The molecule has 0 fully saturated rings. The van der Waals surface area contributed by atoms with Gasteiger partial charge in [-0.25, -0.2) is 0 Å². The number of hydrogen-bond donors (Lipinski definition) is 2. The average Bonchev–Trinajstić information content (AvgIpc) is 3.19. The maximum atomic E-state index is 13.5. The van der Waals surface area contributed by atoms with Crippen molar-refractivity contribution in [1.82, 2.24) is 0 Å². The minimum atomic E-state index is -4.77. The number of nitrogens with one attached hydrogen (secondary N) is 2. The van der Waals surface area contributed by atoms with Crippen molar-refractivity contribution in [3.63, 3.8) is 0 Å². The van der Waals surface area contributed by atoms with Crippen LogP contribution >= 0.6 is 23.2 Å². The van der Waals surface area contributed by atoms with E-state index in [0.29, 0.717) is 10.6 Å². The van der Waals surface area contributed by atoms with Crippen LogP contribution in [0.25, 0.3) is 0 Å². The minimum absolute atomic E-state index is 0.0548. The predicted octanol–water partition coefficient (Wildman–Crippen LogP) is 6.04. The first-order valence-electron chi connectivity index (χ1n) is 8.43. The lowest BCUT2D eigenvalue weighted by molar-refractivity contribution is -0.136. The van der Waals surface area contributed by atoms with E-state index in [-0.39, 0.29) is 22.9 Å². The fourth-order valence-corrected chi connectivity index (χ4v) is 3.07. The molecule has 0 radical (unpaired) electrons. The topological polar surface area (TPSA) is 71.3 Å². The highest BCUT2D eigenvalue weighted by Crippen LogP contribution is 2.37. The summed E-state index contributed by atoms with van der Waals surface area (Å²) in [7, 11) is 0. The molecule has 0 bridgehead atoms. The second-order valence-corrected chi connectivity index (χ2v) is 6.99. The van der Waals surface area contributed by atoms with Gasteiger partial charge in [0.05, 0.1) is 23.9 Å². The molecule has 0 saturated heterocycles. The van der Waals surface area contributed by atoms with Crippen LogP contribution in [-0.4, -0.2) is 11.8 Å². The summed E-state index contributed by atoms with van der Waals surface area (Å²) in [6, 6.07) is 10.3. The summed E-state index contributed by atoms with van der Waals surface area (Å²) >= 11 is 11.8. The summed E-state index contributed by atoms with van der Waals surface area (Å²) in [5.41, 5.74) is -1.26. The smallest absolute Gasteiger partial charge is 0.418 e. The second kappa shape index (κ2) is 8.81. The molecule has 30 heavy (non-hydrogen) atoms. The Morgan fingerprint density at radius 2 is 1.77 bits per heavy atom. The SMILES string of the molecule is O=C(Cc1ccc(Cl)cc1Cl)Nc1ccc(NC(=O)c2ccco2)cc1C(F)(F)F. The Hall–Kier alpha value is -2.97. The summed E-state index contributed by atoms with van der Waals surface area (Å²) < 4.78 is 45.4. The zero-order valence-corrected chi connectivity index (χ0v) is 16.5. The summed E-state index contributed by atoms with van der Waals surface area (Å²) in [6.07, 6.45) is -3.75. The molecule has 0 aliphatic carbocycles. The van der Waals surface area contributed by atoms with Gasteiger partial charge in [0.25, 0.3) is 5.91 Å². The van der Waals surface area contributed by atoms with Gasteiger partial charge >= 0.3 is 6.18 Å². The van der Waals surface area contributed by atoms with E-state index in [9.17, 15) is 22.8 Å². The molecule has 1 heterocycles. The summed E-state index contributed by atoms with van der Waals surface area (Å²) in [4.78, 5) is 24.2. The molecular formula is C20H13Cl2F3N2O3. The number of benzene rings is 2. The third kappa shape index (κ3) is 5.34. The molecule has 5 nitrogen and oxygen atoms in total. The Bertz CT molecular complexity index is 1080. The second-order valence-electron chi connectivity index (χ2n) is 6.15. The van der Waals surface area contributed by atoms with Crippen molar-refractivity contribution in [2.24, 2.45) is 0 Å². The summed E-state index contributed by atoms with van der Waals surface area (Å²) in [5.74, 6) is -1.46. The van der Waals surface area contributed by atoms with E-state index in [2.05, 4.69) is 10.6 Å². The number of halogens is 5. The molecule has 1 aromatic heterocycles. The van der Waals surface area contributed by atoms with Crippen molar-refractivity contribution in [3.05, 3.63) is 81.7 Å². The zero-order chi connectivity index (χ0) is 21.9. The van der Waals surface area contributed by atoms with Crippen LogP contribution in [0.5, 0.6) is 0 Å². The van der Waals surface area contributed by atoms with Crippen molar-refractivity contribution in [1.29, 1.82) is 0 Å². The fourth-order valence-electron chi connectivity index (χ4n) is 2.60. The van der Waals surface area contributed by atoms with Gasteiger partial charge in [-0.15, -0.1) is 0 Å². The van der Waals surface area contributed by atoms with Crippen molar-refractivity contribution >= 4 is 46.4 Å². The van der Waals surface area contributed by atoms with Crippen molar-refractivity contribution in [3.8, 4) is 0 Å². The maximum Gasteiger partial charge on any atom is 0.418 e. The first-order valence-corrected chi connectivity index (χ1v) is 9.19. The fraction of sp³-hybridized carbons (Fsp3) is 0.100. The molecular weight excluding hydrogens is 444 g/mol. The lowest BCUT2D eigenvalue weighted by Crippen LogP contribution is -2.19. The maximum absolute atomic E-state index is 13.5. The lowest BCUT2D eigenvalue weighted by Gasteiger charge is -2.16. The van der Waals surface area contributed by atoms with E-state index in [1.165, 1.54) is 42.7 Å². The molecule has 0 spiro atoms. The standard InChI is InChI=1S/C20H13Cl2F3N2O3/c21-12-4-3-11(15(22)9-12)8-18(28)27-16-6-5-13(10-14(16)20(23,24)25)26-19(29)17-2-1-7-30-17/h1-7,9-10H,8H2,(H,26,29)(H,27,28). The zero-order valence-electron chi connectivity index (χ0n) is 15.0. The number of carbonyl (C=O) groups excluding carboxylic acids is 2. The molecule has 156 valence electrons. The highest BCUT2D eigenvalue weighted by Gasteiger charge is 2.34. The number of furan rings is 1. The van der Waals surface area contributed by atoms with Crippen LogP contribution in [0.15, 0.2) is 59.2 Å². The molecule has 0 unspecified atom stereocenters. The van der Waals surface area contributed by atoms with Crippen LogP contribution < -0.4 is 10.6 Å². The Morgan fingerprint density at radius 1 is 1.00 bits per heavy atom. The average molecular weight is 457 g/mol. The van der Waals surface area contributed by atoms with Crippen LogP contribution in [0.2, 0.25) is 10.0 Å². The molecule has 3 aromatic rings. The van der Waals surface area contributed by atoms with Crippen LogP contribution in [0.4, 0.5) is 24.5 Å². The summed E-state index contributed by atoms with van der Waals surface area (Å²) in [6.45, 7) is 0. The molecule has 10 heteroatoms. The van der Waals surface area contributed by atoms with E-state index < -0.39 is 29.2 Å². The third-order valence-corrected chi connectivity index (χ3v) is 4.55. The third-order valence-electron chi connectivity index (χ3n) is 3.97. The molecule has 0 saturated carbocycles. The minimum Gasteiger partial charge on any atom is -0.459 e. The highest BCUT2D eigenvalue weighted by atomic mass is 35.5. The van der Waals surface area contributed by atoms with E-state index in [1.54, 1.807) is 0 Å². The van der Waals surface area contributed by atoms with Crippen LogP contribution in [-0.2, 0) is 17.4 Å². The van der Waals surface area contributed by atoms with Crippen molar-refractivity contribution < 1.29 is 27.2 Å². The number of alkyl halides is 3. The number of amides is 2. The number of anilines is 2. The van der Waals surface area contributed by atoms with Crippen LogP contribution in [0.3, 0.4) is 0 Å². The van der Waals surface area contributed by atoms with E-state index in [1.807, 2.05) is 0 Å². The van der Waals surface area contributed by atoms with Gasteiger partial charge in [-0.1, -0.05) is 29.3 Å². The van der Waals surface area contributed by atoms with Gasteiger partial charge in [0.2, 0.25) is 5.91 Å². The quantitative estimate of drug-likeness (QED) is 0.491. The van der Waals surface area contributed by atoms with Crippen molar-refractivity contribution in [2.45, 2.75) is 12.6 Å². The van der Waals surface area contributed by atoms with Crippen LogP contribution in [0.1, 0.15) is 21.7 Å². The van der Waals surface area contributed by atoms with Gasteiger partial charge in [-0.3, -0.25) is 9.59 Å². The Kier molecular flexibility index (Phi) is 6.38. The number of rotatable bonds is 5. The Labute approximate surface area is 178 Å². The Morgan fingerprint density at radius 3 is 2.40 bits per heavy atom. The molecule has 3 rings (SSSR count). The van der Waals surface area contributed by atoms with E-state index >= 15 is 0 Å². The van der Waals surface area contributed by atoms with E-state index in [4.69, 9.17) is 27.6 Å². The van der Waals surface area contributed by atoms with Gasteiger partial charge in [-0.2, -0.15) is 13.2 Å². The molecule has 2 aromatic carbocycles. The normalized spacial score (nSPS) is 11.2. The molecule has 0 aliphatic heterocycles. The molecule has 0 atom stereocenters. The first-order chi connectivity index (χ1) is 14.1. The van der Waals surface area contributed by atoms with Crippen LogP contribution in [0, 0.1) is 0 Å². The van der Waals surface area contributed by atoms with Gasteiger partial charge in [0.15, 0.2) is 5.76 Å². The van der Waals surface area contributed by atoms with Gasteiger partial charge in [-0.05, 0) is 48.0 Å². The monoisotopic (exact) mass is 456 g/mol. The van der Waals surface area contributed by atoms with Gasteiger partial charge < -0.3 is 15.1 Å². The highest BCUT2D eigenvalue weighted by molar-refractivity contribution is 6.35. The molecule has 2 amide bonds.